The van der Waals surface area contributed by atoms with Crippen molar-refractivity contribution in [3.63, 3.8) is 0 Å². The molecule has 2 aliphatic heterocycles. The molecule has 0 bridgehead atoms. The lowest BCUT2D eigenvalue weighted by molar-refractivity contribution is 0.322. The predicted octanol–water partition coefficient (Wildman–Crippen LogP) is 6.85. The van der Waals surface area contributed by atoms with Crippen molar-refractivity contribution in [3.05, 3.63) is 72.1 Å². The van der Waals surface area contributed by atoms with E-state index in [0.29, 0.717) is 0 Å². The second-order valence-corrected chi connectivity index (χ2v) is 9.92. The molecule has 5 rings (SSSR count). The van der Waals surface area contributed by atoms with E-state index >= 15 is 0 Å². The van der Waals surface area contributed by atoms with E-state index in [0.717, 1.165) is 36.6 Å². The maximum absolute atomic E-state index is 5.20. The van der Waals surface area contributed by atoms with E-state index in [1.807, 2.05) is 6.20 Å². The number of para-hydroxylation sites is 2. The fourth-order valence-electron chi connectivity index (χ4n) is 5.32. The molecule has 2 aromatic carbocycles. The van der Waals surface area contributed by atoms with Gasteiger partial charge >= 0.3 is 0 Å². The minimum Gasteiger partial charge on any atom is -0.302 e. The summed E-state index contributed by atoms with van der Waals surface area (Å²) in [6.07, 6.45) is 5.43. The summed E-state index contributed by atoms with van der Waals surface area (Å²) < 4.78 is 0. The second kappa shape index (κ2) is 7.08. The molecule has 0 saturated carbocycles. The molecule has 3 aromatic rings. The Balaban J connectivity index is 1.77. The first-order chi connectivity index (χ1) is 14.9. The van der Waals surface area contributed by atoms with Crippen LogP contribution in [-0.2, 0) is 10.8 Å². The molecular formula is C27H32N4. The summed E-state index contributed by atoms with van der Waals surface area (Å²) in [5, 5.41) is 0. The summed E-state index contributed by atoms with van der Waals surface area (Å²) in [7, 11) is 0. The summed E-state index contributed by atoms with van der Waals surface area (Å²) in [5.41, 5.74) is 5.02. The predicted molar refractivity (Wildman–Crippen MR) is 129 cm³/mol. The van der Waals surface area contributed by atoms with E-state index in [2.05, 4.69) is 99.0 Å². The second-order valence-electron chi connectivity index (χ2n) is 9.92. The van der Waals surface area contributed by atoms with Gasteiger partial charge in [-0.15, -0.1) is 0 Å². The monoisotopic (exact) mass is 412 g/mol. The van der Waals surface area contributed by atoms with Crippen LogP contribution in [0.3, 0.4) is 0 Å². The Morgan fingerprint density at radius 1 is 0.903 bits per heavy atom. The van der Waals surface area contributed by atoms with Gasteiger partial charge in [0.05, 0.1) is 11.9 Å². The molecule has 4 nitrogen and oxygen atoms in total. The van der Waals surface area contributed by atoms with E-state index in [4.69, 9.17) is 9.97 Å². The molecule has 0 radical (unpaired) electrons. The van der Waals surface area contributed by atoms with Crippen molar-refractivity contribution in [2.24, 2.45) is 0 Å². The quantitative estimate of drug-likeness (QED) is 0.471. The topological polar surface area (TPSA) is 32.3 Å². The van der Waals surface area contributed by atoms with Crippen molar-refractivity contribution >= 4 is 23.0 Å². The van der Waals surface area contributed by atoms with E-state index in [9.17, 15) is 0 Å². The zero-order valence-electron chi connectivity index (χ0n) is 19.3. The highest BCUT2D eigenvalue weighted by Crippen LogP contribution is 2.56. The van der Waals surface area contributed by atoms with Gasteiger partial charge in [-0.05, 0) is 43.0 Å². The van der Waals surface area contributed by atoms with E-state index in [-0.39, 0.29) is 17.0 Å². The third-order valence-electron chi connectivity index (χ3n) is 7.25. The van der Waals surface area contributed by atoms with Gasteiger partial charge in [0.25, 0.3) is 0 Å². The fraction of sp³-hybridized carbons (Fsp3) is 0.407. The third kappa shape index (κ3) is 2.95. The summed E-state index contributed by atoms with van der Waals surface area (Å²) in [4.78, 5) is 15.1. The van der Waals surface area contributed by atoms with Crippen LogP contribution >= 0.6 is 0 Å². The van der Waals surface area contributed by atoms with Crippen molar-refractivity contribution in [3.8, 4) is 0 Å². The average molecular weight is 413 g/mol. The number of aromatic nitrogens is 2. The Morgan fingerprint density at radius 2 is 1.58 bits per heavy atom. The van der Waals surface area contributed by atoms with Crippen LogP contribution in [0.15, 0.2) is 60.8 Å². The lowest BCUT2D eigenvalue weighted by Crippen LogP contribution is -2.48. The third-order valence-corrected chi connectivity index (χ3v) is 7.25. The summed E-state index contributed by atoms with van der Waals surface area (Å²) >= 11 is 0. The lowest BCUT2D eigenvalue weighted by atomic mass is 9.69. The van der Waals surface area contributed by atoms with Gasteiger partial charge in [0, 0.05) is 22.2 Å². The number of rotatable bonds is 3. The van der Waals surface area contributed by atoms with Crippen molar-refractivity contribution in [2.45, 2.75) is 70.9 Å². The van der Waals surface area contributed by atoms with Crippen molar-refractivity contribution in [1.29, 1.82) is 0 Å². The molecule has 2 aliphatic rings. The van der Waals surface area contributed by atoms with Crippen LogP contribution in [-0.4, -0.2) is 16.1 Å². The molecule has 0 N–H and O–H groups in total. The van der Waals surface area contributed by atoms with Crippen molar-refractivity contribution in [2.75, 3.05) is 9.80 Å². The van der Waals surface area contributed by atoms with Gasteiger partial charge in [-0.1, -0.05) is 71.0 Å². The Bertz CT molecular complexity index is 1100. The van der Waals surface area contributed by atoms with Crippen LogP contribution < -0.4 is 9.80 Å². The number of nitrogens with zero attached hydrogens (tertiary/aromatic N) is 4. The molecule has 0 fully saturated rings. The molecule has 1 aromatic heterocycles. The number of benzene rings is 2. The van der Waals surface area contributed by atoms with Gasteiger partial charge in [0.2, 0.25) is 0 Å². The van der Waals surface area contributed by atoms with Crippen LogP contribution in [0.4, 0.5) is 23.0 Å². The summed E-state index contributed by atoms with van der Waals surface area (Å²) in [6.45, 7) is 11.3. The Labute approximate surface area is 186 Å². The minimum absolute atomic E-state index is 0.0536. The Kier molecular flexibility index (Phi) is 4.58. The van der Waals surface area contributed by atoms with Crippen molar-refractivity contribution in [1.82, 2.24) is 9.97 Å². The van der Waals surface area contributed by atoms with E-state index in [1.54, 1.807) is 0 Å². The maximum atomic E-state index is 5.20. The Hall–Kier alpha value is -2.88. The van der Waals surface area contributed by atoms with Crippen LogP contribution in [0.5, 0.6) is 0 Å². The first kappa shape index (κ1) is 20.0. The lowest BCUT2D eigenvalue weighted by Gasteiger charge is -2.47. The molecule has 0 amide bonds. The first-order valence-corrected chi connectivity index (χ1v) is 11.5. The van der Waals surface area contributed by atoms with Crippen LogP contribution in [0.25, 0.3) is 0 Å². The number of anilines is 4. The van der Waals surface area contributed by atoms with Gasteiger partial charge < -0.3 is 9.80 Å². The van der Waals surface area contributed by atoms with E-state index < -0.39 is 0 Å². The summed E-state index contributed by atoms with van der Waals surface area (Å²) in [6, 6.07) is 19.6. The standard InChI is InChI=1S/C27H32N4/c1-6-27(7-2)17-23-30(19-13-9-8-10-14-19)25-24(28-18-22(29-25)26(3,4)5)31(23)21-16-12-11-15-20(21)27/h8-16,18,23H,6-7,17H2,1-5H3. The van der Waals surface area contributed by atoms with Gasteiger partial charge in [-0.2, -0.15) is 0 Å². The highest BCUT2D eigenvalue weighted by Gasteiger charge is 2.50. The zero-order chi connectivity index (χ0) is 21.8. The molecule has 160 valence electrons. The molecule has 0 saturated heterocycles. The normalized spacial score (nSPS) is 19.1. The molecular weight excluding hydrogens is 380 g/mol. The number of hydrogen-bond acceptors (Lipinski definition) is 4. The van der Waals surface area contributed by atoms with Crippen LogP contribution in [0.2, 0.25) is 0 Å². The molecule has 3 heterocycles. The smallest absolute Gasteiger partial charge is 0.178 e. The highest BCUT2D eigenvalue weighted by molar-refractivity contribution is 5.86. The van der Waals surface area contributed by atoms with Gasteiger partial charge in [0.1, 0.15) is 6.17 Å². The fourth-order valence-corrected chi connectivity index (χ4v) is 5.32. The minimum atomic E-state index is -0.0536. The number of fused-ring (bicyclic) bond motifs is 5. The van der Waals surface area contributed by atoms with Crippen LogP contribution in [0, 0.1) is 0 Å². The first-order valence-electron chi connectivity index (χ1n) is 11.5. The van der Waals surface area contributed by atoms with E-state index in [1.165, 1.54) is 16.9 Å². The zero-order valence-corrected chi connectivity index (χ0v) is 19.3. The largest absolute Gasteiger partial charge is 0.302 e. The molecule has 1 unspecified atom stereocenters. The molecule has 0 aliphatic carbocycles. The molecule has 4 heteroatoms. The Morgan fingerprint density at radius 3 is 2.26 bits per heavy atom. The molecule has 0 spiro atoms. The molecule has 1 atom stereocenters. The van der Waals surface area contributed by atoms with Gasteiger partial charge in [-0.25, -0.2) is 9.97 Å². The molecule has 31 heavy (non-hydrogen) atoms. The van der Waals surface area contributed by atoms with Crippen molar-refractivity contribution < 1.29 is 0 Å². The average Bonchev–Trinajstić information content (AvgIpc) is 3.11. The van der Waals surface area contributed by atoms with Gasteiger partial charge in [0.15, 0.2) is 11.6 Å². The maximum Gasteiger partial charge on any atom is 0.178 e. The summed E-state index contributed by atoms with van der Waals surface area (Å²) in [5.74, 6) is 1.94. The number of hydrogen-bond donors (Lipinski definition) is 0. The van der Waals surface area contributed by atoms with Crippen LogP contribution in [0.1, 0.15) is 65.1 Å². The highest BCUT2D eigenvalue weighted by atomic mass is 15.5. The van der Waals surface area contributed by atoms with Gasteiger partial charge in [-0.3, -0.25) is 0 Å². The SMILES string of the molecule is CCC1(CC)CC2N(c3ccccc3)c3nc(C(C)(C)C)cnc3N2c2ccccc21.